The summed E-state index contributed by atoms with van der Waals surface area (Å²) < 4.78 is 39.6. The molecule has 0 amide bonds. The summed E-state index contributed by atoms with van der Waals surface area (Å²) in [6.07, 6.45) is -4.66. The lowest BCUT2D eigenvalue weighted by molar-refractivity contribution is -0.141. The summed E-state index contributed by atoms with van der Waals surface area (Å²) in [4.78, 5) is 18.5. The number of nitrogens with zero attached hydrogens (tertiary/aromatic N) is 2. The van der Waals surface area contributed by atoms with E-state index in [1.807, 2.05) is 0 Å². The van der Waals surface area contributed by atoms with Crippen LogP contribution in [-0.4, -0.2) is 21.0 Å². The fourth-order valence-corrected chi connectivity index (χ4v) is 2.37. The highest BCUT2D eigenvalue weighted by molar-refractivity contribution is 6.30. The van der Waals surface area contributed by atoms with Crippen molar-refractivity contribution in [2.24, 2.45) is 0 Å². The van der Waals surface area contributed by atoms with Gasteiger partial charge in [-0.3, -0.25) is 0 Å². The first-order valence-electron chi connectivity index (χ1n) is 7.55. The molecular formula is C18H11ClF3N3O2. The van der Waals surface area contributed by atoms with Crippen LogP contribution in [0.15, 0.2) is 54.6 Å². The van der Waals surface area contributed by atoms with E-state index in [9.17, 15) is 18.0 Å². The van der Waals surface area contributed by atoms with Crippen molar-refractivity contribution in [1.29, 1.82) is 0 Å². The molecule has 0 aliphatic rings. The van der Waals surface area contributed by atoms with Crippen LogP contribution in [-0.2, 0) is 6.18 Å². The van der Waals surface area contributed by atoms with Gasteiger partial charge in [0.15, 0.2) is 5.69 Å². The van der Waals surface area contributed by atoms with Gasteiger partial charge in [0, 0.05) is 16.3 Å². The van der Waals surface area contributed by atoms with Crippen LogP contribution in [0, 0.1) is 0 Å². The summed E-state index contributed by atoms with van der Waals surface area (Å²) in [6.45, 7) is 0. The summed E-state index contributed by atoms with van der Waals surface area (Å²) in [5.74, 6) is -1.38. The maximum atomic E-state index is 13.2. The zero-order valence-electron chi connectivity index (χ0n) is 13.5. The lowest BCUT2D eigenvalue weighted by Crippen LogP contribution is -2.11. The minimum absolute atomic E-state index is 0.0485. The second-order valence-electron chi connectivity index (χ2n) is 5.47. The molecule has 1 aromatic heterocycles. The fraction of sp³-hybridized carbons (Fsp3) is 0.0556. The molecule has 3 rings (SSSR count). The second kappa shape index (κ2) is 7.24. The first kappa shape index (κ1) is 18.7. The molecule has 0 aliphatic heterocycles. The number of halogens is 4. The molecule has 0 bridgehead atoms. The molecule has 0 saturated carbocycles. The van der Waals surface area contributed by atoms with Crippen molar-refractivity contribution < 1.29 is 23.1 Å². The van der Waals surface area contributed by atoms with Crippen molar-refractivity contribution in [3.8, 4) is 11.3 Å². The molecule has 3 aromatic rings. The lowest BCUT2D eigenvalue weighted by atomic mass is 10.1. The Bertz CT molecular complexity index is 975. The smallest absolute Gasteiger partial charge is 0.433 e. The second-order valence-corrected chi connectivity index (χ2v) is 5.91. The average molecular weight is 394 g/mol. The number of carboxylic acids is 1. The number of hydrogen-bond donors (Lipinski definition) is 2. The SMILES string of the molecule is O=C(O)c1ccc(Nc2nc(-c3ccc(Cl)cc3)cc(C(F)(F)F)n2)cc1. The van der Waals surface area contributed by atoms with Crippen LogP contribution in [0.25, 0.3) is 11.3 Å². The van der Waals surface area contributed by atoms with E-state index in [2.05, 4.69) is 15.3 Å². The van der Waals surface area contributed by atoms with Crippen LogP contribution >= 0.6 is 11.6 Å². The maximum Gasteiger partial charge on any atom is 0.433 e. The summed E-state index contributed by atoms with van der Waals surface area (Å²) in [7, 11) is 0. The predicted molar refractivity (Wildman–Crippen MR) is 94.2 cm³/mol. The number of rotatable bonds is 4. The summed E-state index contributed by atoms with van der Waals surface area (Å²) in [6, 6.07) is 12.5. The third-order valence-electron chi connectivity index (χ3n) is 3.54. The van der Waals surface area contributed by atoms with Crippen LogP contribution in [0.3, 0.4) is 0 Å². The van der Waals surface area contributed by atoms with Crippen molar-refractivity contribution in [1.82, 2.24) is 9.97 Å². The highest BCUT2D eigenvalue weighted by Gasteiger charge is 2.33. The number of benzene rings is 2. The average Bonchev–Trinajstić information content (AvgIpc) is 2.62. The highest BCUT2D eigenvalue weighted by Crippen LogP contribution is 2.32. The molecule has 2 N–H and O–H groups in total. The number of hydrogen-bond acceptors (Lipinski definition) is 4. The van der Waals surface area contributed by atoms with E-state index in [1.54, 1.807) is 24.3 Å². The molecule has 27 heavy (non-hydrogen) atoms. The Morgan fingerprint density at radius 3 is 2.19 bits per heavy atom. The minimum atomic E-state index is -4.66. The summed E-state index contributed by atoms with van der Waals surface area (Å²) in [5, 5.41) is 12.0. The van der Waals surface area contributed by atoms with Crippen LogP contribution in [0.2, 0.25) is 5.02 Å². The zero-order chi connectivity index (χ0) is 19.6. The molecule has 1 heterocycles. The van der Waals surface area contributed by atoms with Gasteiger partial charge in [-0.15, -0.1) is 0 Å². The summed E-state index contributed by atoms with van der Waals surface area (Å²) in [5.41, 5.74) is -0.198. The van der Waals surface area contributed by atoms with Gasteiger partial charge in [-0.05, 0) is 42.5 Å². The van der Waals surface area contributed by atoms with Crippen molar-refractivity contribution in [3.63, 3.8) is 0 Å². The topological polar surface area (TPSA) is 75.1 Å². The predicted octanol–water partition coefficient (Wildman–Crippen LogP) is 5.26. The van der Waals surface area contributed by atoms with E-state index in [0.717, 1.165) is 6.07 Å². The van der Waals surface area contributed by atoms with Gasteiger partial charge in [0.1, 0.15) is 0 Å². The first-order valence-corrected chi connectivity index (χ1v) is 7.93. The number of nitrogens with one attached hydrogen (secondary N) is 1. The number of aromatic nitrogens is 2. The van der Waals surface area contributed by atoms with Crippen molar-refractivity contribution in [3.05, 3.63) is 70.9 Å². The van der Waals surface area contributed by atoms with Crippen LogP contribution in [0.4, 0.5) is 24.8 Å². The van der Waals surface area contributed by atoms with Crippen LogP contribution in [0.5, 0.6) is 0 Å². The number of carboxylic acid groups (broad SMARTS) is 1. The molecule has 138 valence electrons. The van der Waals surface area contributed by atoms with E-state index in [1.165, 1.54) is 24.3 Å². The molecule has 0 aliphatic carbocycles. The number of anilines is 2. The van der Waals surface area contributed by atoms with E-state index < -0.39 is 17.8 Å². The van der Waals surface area contributed by atoms with Gasteiger partial charge in [-0.1, -0.05) is 23.7 Å². The van der Waals surface area contributed by atoms with Crippen molar-refractivity contribution in [2.45, 2.75) is 6.18 Å². The Kier molecular flexibility index (Phi) is 5.00. The van der Waals surface area contributed by atoms with Gasteiger partial charge in [-0.25, -0.2) is 14.8 Å². The first-order chi connectivity index (χ1) is 12.7. The van der Waals surface area contributed by atoms with Gasteiger partial charge < -0.3 is 10.4 Å². The molecule has 0 fully saturated rings. The van der Waals surface area contributed by atoms with Gasteiger partial charge in [0.05, 0.1) is 11.3 Å². The van der Waals surface area contributed by atoms with Gasteiger partial charge in [0.25, 0.3) is 0 Å². The van der Waals surface area contributed by atoms with E-state index >= 15 is 0 Å². The molecule has 0 atom stereocenters. The lowest BCUT2D eigenvalue weighted by Gasteiger charge is -2.12. The number of carbonyl (C=O) groups is 1. The Labute approximate surface area is 156 Å². The molecular weight excluding hydrogens is 383 g/mol. The Morgan fingerprint density at radius 2 is 1.63 bits per heavy atom. The Hall–Kier alpha value is -3.13. The summed E-state index contributed by atoms with van der Waals surface area (Å²) >= 11 is 5.81. The monoisotopic (exact) mass is 393 g/mol. The third-order valence-corrected chi connectivity index (χ3v) is 3.80. The molecule has 5 nitrogen and oxygen atoms in total. The van der Waals surface area contributed by atoms with E-state index in [-0.39, 0.29) is 17.2 Å². The molecule has 0 spiro atoms. The minimum Gasteiger partial charge on any atom is -0.478 e. The van der Waals surface area contributed by atoms with E-state index in [4.69, 9.17) is 16.7 Å². The highest BCUT2D eigenvalue weighted by atomic mass is 35.5. The van der Waals surface area contributed by atoms with Crippen LogP contribution < -0.4 is 5.32 Å². The molecule has 2 aromatic carbocycles. The van der Waals surface area contributed by atoms with Gasteiger partial charge >= 0.3 is 12.1 Å². The fourth-order valence-electron chi connectivity index (χ4n) is 2.24. The van der Waals surface area contributed by atoms with E-state index in [0.29, 0.717) is 16.3 Å². The van der Waals surface area contributed by atoms with Crippen molar-refractivity contribution in [2.75, 3.05) is 5.32 Å². The molecule has 0 radical (unpaired) electrons. The van der Waals surface area contributed by atoms with Gasteiger partial charge in [0.2, 0.25) is 5.95 Å². The molecule has 9 heteroatoms. The standard InChI is InChI=1S/C18H11ClF3N3O2/c19-12-5-1-10(2-6-12)14-9-15(18(20,21)22)25-17(24-14)23-13-7-3-11(4-8-13)16(26)27/h1-9H,(H,26,27)(H,23,24,25). The Morgan fingerprint density at radius 1 is 1.00 bits per heavy atom. The van der Waals surface area contributed by atoms with Crippen molar-refractivity contribution >= 4 is 29.2 Å². The zero-order valence-corrected chi connectivity index (χ0v) is 14.2. The quantitative estimate of drug-likeness (QED) is 0.632. The normalized spacial score (nSPS) is 11.3. The number of aromatic carboxylic acids is 1. The number of alkyl halides is 3. The molecule has 0 saturated heterocycles. The maximum absolute atomic E-state index is 13.2. The Balaban J connectivity index is 1.99. The molecule has 0 unspecified atom stereocenters. The van der Waals surface area contributed by atoms with Crippen LogP contribution in [0.1, 0.15) is 16.1 Å². The largest absolute Gasteiger partial charge is 0.478 e. The third kappa shape index (κ3) is 4.53. The van der Waals surface area contributed by atoms with Gasteiger partial charge in [-0.2, -0.15) is 13.2 Å².